The molecule has 9 aromatic rings. The van der Waals surface area contributed by atoms with Crippen molar-refractivity contribution < 1.29 is 4.39 Å². The molecule has 1 heterocycles. The monoisotopic (exact) mass is 621 g/mol. The van der Waals surface area contributed by atoms with Crippen molar-refractivity contribution in [3.05, 3.63) is 176 Å². The molecule has 0 saturated heterocycles. The summed E-state index contributed by atoms with van der Waals surface area (Å²) in [4.78, 5) is 2.14. The molecule has 0 amide bonds. The summed E-state index contributed by atoms with van der Waals surface area (Å²) in [7, 11) is 0. The third-order valence-corrected chi connectivity index (χ3v) is 10.2. The summed E-state index contributed by atoms with van der Waals surface area (Å²) >= 11 is 1.77. The molecule has 0 saturated carbocycles. The van der Waals surface area contributed by atoms with Crippen LogP contribution in [0, 0.1) is 5.82 Å². The lowest BCUT2D eigenvalue weighted by atomic mass is 9.94. The van der Waals surface area contributed by atoms with Crippen LogP contribution in [0.4, 0.5) is 21.5 Å². The van der Waals surface area contributed by atoms with Crippen LogP contribution in [0.2, 0.25) is 0 Å². The van der Waals surface area contributed by atoms with Crippen LogP contribution in [0.3, 0.4) is 0 Å². The van der Waals surface area contributed by atoms with Gasteiger partial charge in [0.1, 0.15) is 5.82 Å². The molecular weight excluding hydrogens is 594 g/mol. The van der Waals surface area contributed by atoms with Gasteiger partial charge in [0.15, 0.2) is 0 Å². The summed E-state index contributed by atoms with van der Waals surface area (Å²) in [6, 6.07) is 58.3. The molecule has 0 unspecified atom stereocenters. The summed E-state index contributed by atoms with van der Waals surface area (Å²) in [5.74, 6) is -0.279. The fourth-order valence-electron chi connectivity index (χ4n) is 6.92. The zero-order valence-corrected chi connectivity index (χ0v) is 26.2. The summed E-state index contributed by atoms with van der Waals surface area (Å²) in [6.07, 6.45) is 0. The normalized spacial score (nSPS) is 11.5. The van der Waals surface area contributed by atoms with Gasteiger partial charge >= 0.3 is 0 Å². The molecule has 0 aliphatic heterocycles. The number of nitrogens with zero attached hydrogens (tertiary/aromatic N) is 1. The number of thiophene rings is 1. The molecule has 222 valence electrons. The number of fused-ring (bicyclic) bond motifs is 6. The standard InChI is InChI=1S/C44H28FNS/c45-40-26-32(29-13-3-1-4-14-29)25-39(30-15-5-2-6-16-30)44(40)46(33-23-24-38-37-21-11-12-22-42(37)47-43(38)28-33)41-27-31-17-7-8-18-34(31)35-19-9-10-20-36(35)41/h1-28H. The molecule has 0 aliphatic rings. The first kappa shape index (κ1) is 27.5. The SMILES string of the molecule is Fc1cc(-c2ccccc2)cc(-c2ccccc2)c1N(c1ccc2c(c1)sc1ccccc12)c1cc2ccccc2c2ccccc12. The van der Waals surface area contributed by atoms with Crippen LogP contribution < -0.4 is 4.90 Å². The second kappa shape index (κ2) is 11.2. The highest BCUT2D eigenvalue weighted by molar-refractivity contribution is 7.25. The first-order valence-corrected chi connectivity index (χ1v) is 16.6. The minimum atomic E-state index is -0.279. The highest BCUT2D eigenvalue weighted by Gasteiger charge is 2.25. The van der Waals surface area contributed by atoms with E-state index in [1.807, 2.05) is 48.5 Å². The average molecular weight is 622 g/mol. The molecule has 0 atom stereocenters. The topological polar surface area (TPSA) is 3.24 Å². The molecule has 0 fully saturated rings. The minimum absolute atomic E-state index is 0.279. The molecular formula is C44H28FNS. The van der Waals surface area contributed by atoms with Crippen molar-refractivity contribution in [1.82, 2.24) is 0 Å². The molecule has 1 nitrogen and oxygen atoms in total. The largest absolute Gasteiger partial charge is 0.306 e. The van der Waals surface area contributed by atoms with Crippen LogP contribution in [0.25, 0.3) is 64.0 Å². The lowest BCUT2D eigenvalue weighted by Crippen LogP contribution is -2.14. The second-order valence-corrected chi connectivity index (χ2v) is 12.9. The molecule has 0 bridgehead atoms. The van der Waals surface area contributed by atoms with Crippen molar-refractivity contribution in [2.75, 3.05) is 4.90 Å². The zero-order valence-electron chi connectivity index (χ0n) is 25.4. The second-order valence-electron chi connectivity index (χ2n) is 11.9. The van der Waals surface area contributed by atoms with Gasteiger partial charge in [0.25, 0.3) is 0 Å². The van der Waals surface area contributed by atoms with Gasteiger partial charge in [-0.1, -0.05) is 133 Å². The fourth-order valence-corrected chi connectivity index (χ4v) is 8.06. The van der Waals surface area contributed by atoms with Crippen molar-refractivity contribution in [1.29, 1.82) is 0 Å². The number of benzene rings is 8. The first-order chi connectivity index (χ1) is 23.2. The van der Waals surface area contributed by atoms with Crippen molar-refractivity contribution in [3.8, 4) is 22.3 Å². The maximum absolute atomic E-state index is 17.3. The van der Waals surface area contributed by atoms with Gasteiger partial charge in [-0.25, -0.2) is 4.39 Å². The summed E-state index contributed by atoms with van der Waals surface area (Å²) in [5.41, 5.74) is 5.97. The third-order valence-electron chi connectivity index (χ3n) is 9.09. The number of halogens is 1. The highest BCUT2D eigenvalue weighted by Crippen LogP contribution is 2.49. The van der Waals surface area contributed by atoms with Crippen LogP contribution in [0.1, 0.15) is 0 Å². The summed E-state index contributed by atoms with van der Waals surface area (Å²) in [6.45, 7) is 0. The van der Waals surface area contributed by atoms with E-state index in [2.05, 4.69) is 120 Å². The van der Waals surface area contributed by atoms with Gasteiger partial charge in [-0.2, -0.15) is 0 Å². The maximum Gasteiger partial charge on any atom is 0.148 e. The van der Waals surface area contributed by atoms with E-state index in [4.69, 9.17) is 0 Å². The summed E-state index contributed by atoms with van der Waals surface area (Å²) in [5, 5.41) is 6.93. The van der Waals surface area contributed by atoms with Crippen molar-refractivity contribution >= 4 is 70.1 Å². The van der Waals surface area contributed by atoms with E-state index in [0.717, 1.165) is 49.8 Å². The lowest BCUT2D eigenvalue weighted by molar-refractivity contribution is 0.630. The van der Waals surface area contributed by atoms with Crippen molar-refractivity contribution in [2.24, 2.45) is 0 Å². The van der Waals surface area contributed by atoms with Crippen LogP contribution in [-0.4, -0.2) is 0 Å². The van der Waals surface area contributed by atoms with Crippen LogP contribution in [-0.2, 0) is 0 Å². The van der Waals surface area contributed by atoms with Gasteiger partial charge in [0, 0.05) is 36.8 Å². The third kappa shape index (κ3) is 4.67. The Balaban J connectivity index is 1.40. The molecule has 47 heavy (non-hydrogen) atoms. The number of anilines is 3. The van der Waals surface area contributed by atoms with E-state index in [9.17, 15) is 0 Å². The van der Waals surface area contributed by atoms with Gasteiger partial charge in [-0.15, -0.1) is 11.3 Å². The Morgan fingerprint density at radius 3 is 1.83 bits per heavy atom. The van der Waals surface area contributed by atoms with E-state index in [0.29, 0.717) is 5.69 Å². The van der Waals surface area contributed by atoms with E-state index < -0.39 is 0 Å². The van der Waals surface area contributed by atoms with Crippen LogP contribution >= 0.6 is 11.3 Å². The lowest BCUT2D eigenvalue weighted by Gasteiger charge is -2.30. The zero-order chi connectivity index (χ0) is 31.3. The molecule has 1 aromatic heterocycles. The summed E-state index contributed by atoms with van der Waals surface area (Å²) < 4.78 is 19.7. The van der Waals surface area contributed by atoms with E-state index in [-0.39, 0.29) is 5.82 Å². The van der Waals surface area contributed by atoms with Gasteiger partial charge in [0.05, 0.1) is 11.4 Å². The van der Waals surface area contributed by atoms with Gasteiger partial charge < -0.3 is 4.90 Å². The Kier molecular flexibility index (Phi) is 6.58. The van der Waals surface area contributed by atoms with Crippen LogP contribution in [0.5, 0.6) is 0 Å². The Bertz CT molecular complexity index is 2590. The van der Waals surface area contributed by atoms with E-state index in [1.165, 1.54) is 25.6 Å². The quantitative estimate of drug-likeness (QED) is 0.173. The predicted molar refractivity (Wildman–Crippen MR) is 200 cm³/mol. The Morgan fingerprint density at radius 1 is 0.426 bits per heavy atom. The van der Waals surface area contributed by atoms with Crippen molar-refractivity contribution in [3.63, 3.8) is 0 Å². The Hall–Kier alpha value is -5.77. The molecule has 0 radical (unpaired) electrons. The minimum Gasteiger partial charge on any atom is -0.306 e. The average Bonchev–Trinajstić information content (AvgIpc) is 3.51. The molecule has 0 N–H and O–H groups in total. The smallest absolute Gasteiger partial charge is 0.148 e. The molecule has 9 rings (SSSR count). The van der Waals surface area contributed by atoms with E-state index in [1.54, 1.807) is 17.4 Å². The molecule has 3 heteroatoms. The number of hydrogen-bond acceptors (Lipinski definition) is 2. The van der Waals surface area contributed by atoms with Crippen molar-refractivity contribution in [2.45, 2.75) is 0 Å². The molecule has 0 aliphatic carbocycles. The van der Waals surface area contributed by atoms with Gasteiger partial charge in [-0.05, 0) is 69.2 Å². The van der Waals surface area contributed by atoms with E-state index >= 15 is 4.39 Å². The number of hydrogen-bond donors (Lipinski definition) is 0. The number of rotatable bonds is 5. The predicted octanol–water partition coefficient (Wildman–Crippen LogP) is 13.3. The first-order valence-electron chi connectivity index (χ1n) is 15.8. The van der Waals surface area contributed by atoms with Crippen LogP contribution in [0.15, 0.2) is 170 Å². The van der Waals surface area contributed by atoms with Gasteiger partial charge in [-0.3, -0.25) is 0 Å². The maximum atomic E-state index is 17.3. The Morgan fingerprint density at radius 2 is 1.04 bits per heavy atom. The highest BCUT2D eigenvalue weighted by atomic mass is 32.1. The van der Waals surface area contributed by atoms with Gasteiger partial charge in [0.2, 0.25) is 0 Å². The molecule has 8 aromatic carbocycles. The molecule has 0 spiro atoms. The Labute approximate surface area is 276 Å². The fraction of sp³-hybridized carbons (Fsp3) is 0.